The second kappa shape index (κ2) is 4.80. The fourth-order valence-corrected chi connectivity index (χ4v) is 1.72. The van der Waals surface area contributed by atoms with E-state index in [0.717, 1.165) is 4.90 Å². The largest absolute Gasteiger partial charge is 0.436 e. The third kappa shape index (κ3) is 2.23. The first-order valence-corrected chi connectivity index (χ1v) is 5.38. The predicted octanol–water partition coefficient (Wildman–Crippen LogP) is 0.758. The fourth-order valence-electron chi connectivity index (χ4n) is 1.72. The van der Waals surface area contributed by atoms with Crippen molar-refractivity contribution in [3.05, 3.63) is 24.4 Å². The Hall–Kier alpha value is -2.07. The summed E-state index contributed by atoms with van der Waals surface area (Å²) in [4.78, 5) is 13.2. The average molecular weight is 293 g/mol. The van der Waals surface area contributed by atoms with Gasteiger partial charge in [0.15, 0.2) is 18.1 Å². The van der Waals surface area contributed by atoms with Crippen LogP contribution in [0.15, 0.2) is 23.2 Å². The van der Waals surface area contributed by atoms with Crippen molar-refractivity contribution in [2.75, 3.05) is 11.4 Å². The molecule has 1 aliphatic heterocycles. The first-order chi connectivity index (χ1) is 9.27. The number of amides is 2. The number of hydrogen-bond acceptors (Lipinski definition) is 5. The molecule has 2 rings (SSSR count). The molecular weight excluding hydrogens is 283 g/mol. The van der Waals surface area contributed by atoms with E-state index in [1.165, 1.54) is 6.08 Å². The number of aromatic nitrogens is 1. The van der Waals surface area contributed by atoms with E-state index < -0.39 is 36.2 Å². The van der Waals surface area contributed by atoms with Crippen molar-refractivity contribution in [1.82, 2.24) is 10.1 Å². The van der Waals surface area contributed by atoms with Crippen molar-refractivity contribution in [1.29, 1.82) is 0 Å². The second-order valence-electron chi connectivity index (χ2n) is 3.97. The molecule has 1 saturated heterocycles. The van der Waals surface area contributed by atoms with Crippen LogP contribution in [-0.4, -0.2) is 45.3 Å². The van der Waals surface area contributed by atoms with Crippen LogP contribution < -0.4 is 4.90 Å². The summed E-state index contributed by atoms with van der Waals surface area (Å²) in [6.45, 7) is 3.27. The smallest absolute Gasteiger partial charge is 0.369 e. The van der Waals surface area contributed by atoms with Crippen LogP contribution in [0.3, 0.4) is 0 Å². The average Bonchev–Trinajstić information content (AvgIpc) is 2.90. The SMILES string of the molecule is C=CCN1C(=O)N(c2cc(C(F)(F)F)no2)C(O)C1O. The van der Waals surface area contributed by atoms with Crippen LogP contribution in [0, 0.1) is 0 Å². The molecule has 2 unspecified atom stereocenters. The zero-order valence-electron chi connectivity index (χ0n) is 9.91. The second-order valence-corrected chi connectivity index (χ2v) is 3.97. The lowest BCUT2D eigenvalue weighted by Gasteiger charge is -2.16. The maximum Gasteiger partial charge on any atom is 0.436 e. The number of halogens is 3. The van der Waals surface area contributed by atoms with E-state index >= 15 is 0 Å². The Labute approximate surface area is 110 Å². The summed E-state index contributed by atoms with van der Waals surface area (Å²) >= 11 is 0. The van der Waals surface area contributed by atoms with Gasteiger partial charge in [-0.2, -0.15) is 13.2 Å². The first kappa shape index (κ1) is 14.3. The van der Waals surface area contributed by atoms with Crippen molar-refractivity contribution in [3.8, 4) is 0 Å². The van der Waals surface area contributed by atoms with Crippen LogP contribution in [0.5, 0.6) is 0 Å². The summed E-state index contributed by atoms with van der Waals surface area (Å²) in [5.74, 6) is -0.611. The van der Waals surface area contributed by atoms with Crippen LogP contribution in [-0.2, 0) is 6.18 Å². The highest BCUT2D eigenvalue weighted by atomic mass is 19.4. The molecule has 2 amide bonds. The van der Waals surface area contributed by atoms with Crippen LogP contribution in [0.4, 0.5) is 23.8 Å². The summed E-state index contributed by atoms with van der Waals surface area (Å²) in [5.41, 5.74) is -1.34. The van der Waals surface area contributed by atoms with E-state index in [1.807, 2.05) is 0 Å². The van der Waals surface area contributed by atoms with Gasteiger partial charge in [0.05, 0.1) is 0 Å². The maximum atomic E-state index is 12.4. The minimum absolute atomic E-state index is 0.0895. The van der Waals surface area contributed by atoms with E-state index in [0.29, 0.717) is 11.0 Å². The van der Waals surface area contributed by atoms with E-state index in [2.05, 4.69) is 16.3 Å². The lowest BCUT2D eigenvalue weighted by Crippen LogP contribution is -2.36. The zero-order valence-corrected chi connectivity index (χ0v) is 9.91. The van der Waals surface area contributed by atoms with Crippen molar-refractivity contribution >= 4 is 11.9 Å². The molecule has 0 aliphatic carbocycles. The summed E-state index contributed by atoms with van der Waals surface area (Å²) < 4.78 is 41.6. The Kier molecular flexibility index (Phi) is 3.44. The molecule has 0 saturated carbocycles. The number of carbonyl (C=O) groups excluding carboxylic acids is 1. The van der Waals surface area contributed by atoms with Gasteiger partial charge in [0.25, 0.3) is 0 Å². The number of hydrogen-bond donors (Lipinski definition) is 2. The zero-order chi connectivity index (χ0) is 15.1. The van der Waals surface area contributed by atoms with Gasteiger partial charge in [-0.15, -0.1) is 6.58 Å². The highest BCUT2D eigenvalue weighted by Crippen LogP contribution is 2.33. The highest BCUT2D eigenvalue weighted by molar-refractivity contribution is 5.93. The van der Waals surface area contributed by atoms with Gasteiger partial charge in [0.1, 0.15) is 0 Å². The Morgan fingerprint density at radius 1 is 1.45 bits per heavy atom. The standard InChI is InChI=1S/C10H10F3N3O4/c1-2-3-15-7(17)8(18)16(9(15)19)6-4-5(14-20-6)10(11,12)13/h2,4,7-8,17-18H,1,3H2. The molecule has 2 heterocycles. The molecule has 20 heavy (non-hydrogen) atoms. The van der Waals surface area contributed by atoms with Crippen molar-refractivity contribution in [3.63, 3.8) is 0 Å². The van der Waals surface area contributed by atoms with Gasteiger partial charge in [-0.25, -0.2) is 9.69 Å². The number of aliphatic hydroxyl groups excluding tert-OH is 2. The maximum absolute atomic E-state index is 12.4. The van der Waals surface area contributed by atoms with Gasteiger partial charge < -0.3 is 14.7 Å². The molecule has 2 atom stereocenters. The topological polar surface area (TPSA) is 90.0 Å². The lowest BCUT2D eigenvalue weighted by molar-refractivity contribution is -0.142. The molecule has 10 heteroatoms. The number of urea groups is 1. The number of nitrogens with zero attached hydrogens (tertiary/aromatic N) is 3. The van der Waals surface area contributed by atoms with Gasteiger partial charge in [-0.3, -0.25) is 4.90 Å². The van der Waals surface area contributed by atoms with E-state index in [1.54, 1.807) is 0 Å². The van der Waals surface area contributed by atoms with E-state index in [-0.39, 0.29) is 6.54 Å². The number of alkyl halides is 3. The number of anilines is 1. The number of rotatable bonds is 3. The molecular formula is C10H10F3N3O4. The van der Waals surface area contributed by atoms with Crippen LogP contribution in [0.25, 0.3) is 0 Å². The van der Waals surface area contributed by atoms with Crippen LogP contribution in [0.2, 0.25) is 0 Å². The molecule has 0 aromatic carbocycles. The molecule has 1 aliphatic rings. The van der Waals surface area contributed by atoms with E-state index in [9.17, 15) is 28.2 Å². The van der Waals surface area contributed by atoms with E-state index in [4.69, 9.17) is 0 Å². The predicted molar refractivity (Wildman–Crippen MR) is 58.3 cm³/mol. The fraction of sp³-hybridized carbons (Fsp3) is 0.400. The van der Waals surface area contributed by atoms with Crippen molar-refractivity contribution in [2.45, 2.75) is 18.6 Å². The highest BCUT2D eigenvalue weighted by Gasteiger charge is 2.47. The quantitative estimate of drug-likeness (QED) is 0.803. The monoisotopic (exact) mass is 293 g/mol. The van der Waals surface area contributed by atoms with Gasteiger partial charge >= 0.3 is 12.2 Å². The first-order valence-electron chi connectivity index (χ1n) is 5.38. The Bertz CT molecular complexity index is 530. The van der Waals surface area contributed by atoms with Gasteiger partial charge in [0, 0.05) is 12.6 Å². The summed E-state index contributed by atoms with van der Waals surface area (Å²) in [7, 11) is 0. The molecule has 1 aromatic heterocycles. The molecule has 1 fully saturated rings. The molecule has 7 nitrogen and oxygen atoms in total. The third-order valence-corrected chi connectivity index (χ3v) is 2.65. The van der Waals surface area contributed by atoms with Crippen molar-refractivity contribution < 1.29 is 32.7 Å². The lowest BCUT2D eigenvalue weighted by atomic mass is 10.4. The summed E-state index contributed by atoms with van der Waals surface area (Å²) in [6.07, 6.45) is -6.83. The van der Waals surface area contributed by atoms with Crippen molar-refractivity contribution in [2.24, 2.45) is 0 Å². The number of aliphatic hydroxyl groups is 2. The minimum Gasteiger partial charge on any atom is -0.369 e. The molecule has 0 bridgehead atoms. The Morgan fingerprint density at radius 2 is 2.10 bits per heavy atom. The van der Waals surface area contributed by atoms with Gasteiger partial charge in [-0.05, 0) is 0 Å². The third-order valence-electron chi connectivity index (χ3n) is 2.65. The van der Waals surface area contributed by atoms with Crippen LogP contribution in [0.1, 0.15) is 5.69 Å². The Morgan fingerprint density at radius 3 is 2.60 bits per heavy atom. The molecule has 0 spiro atoms. The molecule has 1 aromatic rings. The minimum atomic E-state index is -4.74. The normalized spacial score (nSPS) is 23.6. The molecule has 110 valence electrons. The molecule has 0 radical (unpaired) electrons. The van der Waals surface area contributed by atoms with Gasteiger partial charge in [-0.1, -0.05) is 11.2 Å². The molecule has 2 N–H and O–H groups in total. The van der Waals surface area contributed by atoms with Crippen LogP contribution >= 0.6 is 0 Å². The summed E-state index contributed by atoms with van der Waals surface area (Å²) in [6, 6.07) is -0.458. The summed E-state index contributed by atoms with van der Waals surface area (Å²) in [5, 5.41) is 22.1. The van der Waals surface area contributed by atoms with Gasteiger partial charge in [0.2, 0.25) is 5.88 Å². The Balaban J connectivity index is 2.31. The number of carbonyl (C=O) groups is 1.